The molecular formula is C28H31N2O3+. The largest absolute Gasteiger partial charge is 0.456 e. The maximum absolute atomic E-state index is 8.12. The van der Waals surface area contributed by atoms with Crippen molar-refractivity contribution in [3.05, 3.63) is 70.6 Å². The van der Waals surface area contributed by atoms with Crippen molar-refractivity contribution in [3.8, 4) is 22.5 Å². The lowest BCUT2D eigenvalue weighted by Gasteiger charge is -2.19. The van der Waals surface area contributed by atoms with Crippen molar-refractivity contribution in [1.82, 2.24) is 0 Å². The third-order valence-electron chi connectivity index (χ3n) is 5.81. The third-order valence-corrected chi connectivity index (χ3v) is 5.81. The van der Waals surface area contributed by atoms with E-state index in [4.69, 9.17) is 14.0 Å². The Hall–Kier alpha value is -3.69. The first-order valence-corrected chi connectivity index (χ1v) is 11.4. The molecule has 1 heterocycles. The van der Waals surface area contributed by atoms with E-state index in [1.807, 2.05) is 0 Å². The first-order chi connectivity index (χ1) is 16.0. The van der Waals surface area contributed by atoms with Gasteiger partial charge in [0.1, 0.15) is 17.9 Å². The second kappa shape index (κ2) is 10.8. The molecule has 170 valence electrons. The monoisotopic (exact) mass is 443 g/mol. The predicted octanol–water partition coefficient (Wildman–Crippen LogP) is 4.23. The van der Waals surface area contributed by atoms with Gasteiger partial charge in [-0.05, 0) is 62.9 Å². The fourth-order valence-corrected chi connectivity index (χ4v) is 4.32. The lowest BCUT2D eigenvalue weighted by molar-refractivity contribution is -0.496. The molecule has 0 aromatic heterocycles. The van der Waals surface area contributed by atoms with Gasteiger partial charge in [-0.3, -0.25) is 0 Å². The molecule has 0 atom stereocenters. The molecule has 0 unspecified atom stereocenters. The summed E-state index contributed by atoms with van der Waals surface area (Å²) in [4.78, 5) is 19.7. The molecular weight excluding hydrogens is 412 g/mol. The van der Waals surface area contributed by atoms with Gasteiger partial charge in [-0.25, -0.2) is 4.99 Å². The second-order valence-electron chi connectivity index (χ2n) is 7.96. The first kappa shape index (κ1) is 24.0. The van der Waals surface area contributed by atoms with Crippen LogP contribution in [0.25, 0.3) is 33.4 Å². The molecule has 1 aliphatic carbocycles. The molecule has 4 rings (SSSR count). The summed E-state index contributed by atoms with van der Waals surface area (Å²) in [5, 5.41) is 5.76. The third kappa shape index (κ3) is 4.89. The summed E-state index contributed by atoms with van der Waals surface area (Å²) >= 11 is 0. The van der Waals surface area contributed by atoms with Gasteiger partial charge >= 0.3 is 6.15 Å². The number of fused-ring (bicyclic) bond motifs is 2. The lowest BCUT2D eigenvalue weighted by atomic mass is 9.88. The van der Waals surface area contributed by atoms with Crippen LogP contribution in [0.3, 0.4) is 0 Å². The van der Waals surface area contributed by atoms with Crippen molar-refractivity contribution in [2.75, 3.05) is 18.4 Å². The maximum Gasteiger partial charge on any atom is 0.373 e. The minimum Gasteiger partial charge on any atom is -0.456 e. The molecule has 0 fully saturated rings. The van der Waals surface area contributed by atoms with Gasteiger partial charge in [-0.1, -0.05) is 31.2 Å². The molecule has 1 aliphatic heterocycles. The molecule has 5 heteroatoms. The number of rotatable bonds is 5. The lowest BCUT2D eigenvalue weighted by Crippen LogP contribution is -2.76. The SMILES string of the molecule is CCNc1cc2oc3cc(=[NH+]CC)c(C)cc-3c(-c3ccccc3CC)c2cc1C.O=C=O. The van der Waals surface area contributed by atoms with Gasteiger partial charge in [0.2, 0.25) is 5.36 Å². The molecule has 33 heavy (non-hydrogen) atoms. The van der Waals surface area contributed by atoms with E-state index in [0.717, 1.165) is 52.8 Å². The Kier molecular flexibility index (Phi) is 7.81. The number of benzene rings is 3. The van der Waals surface area contributed by atoms with E-state index in [2.05, 4.69) is 93.5 Å². The van der Waals surface area contributed by atoms with Gasteiger partial charge in [0.05, 0.1) is 6.07 Å². The highest BCUT2D eigenvalue weighted by molar-refractivity contribution is 6.03. The van der Waals surface area contributed by atoms with E-state index in [1.165, 1.54) is 27.8 Å². The van der Waals surface area contributed by atoms with E-state index in [9.17, 15) is 0 Å². The zero-order chi connectivity index (χ0) is 24.0. The summed E-state index contributed by atoms with van der Waals surface area (Å²) in [6.07, 6.45) is 1.24. The zero-order valence-electron chi connectivity index (χ0n) is 20.0. The van der Waals surface area contributed by atoms with Crippen LogP contribution < -0.4 is 15.7 Å². The molecule has 0 radical (unpaired) electrons. The van der Waals surface area contributed by atoms with Gasteiger partial charge in [0, 0.05) is 40.4 Å². The number of hydrogen-bond acceptors (Lipinski definition) is 4. The van der Waals surface area contributed by atoms with Gasteiger partial charge in [-0.2, -0.15) is 9.59 Å². The highest BCUT2D eigenvalue weighted by Crippen LogP contribution is 2.42. The Bertz CT molecular complexity index is 1350. The average Bonchev–Trinajstić information content (AvgIpc) is 2.80. The summed E-state index contributed by atoms with van der Waals surface area (Å²) in [7, 11) is 0. The Labute approximate surface area is 194 Å². The van der Waals surface area contributed by atoms with E-state index >= 15 is 0 Å². The molecule has 2 aromatic carbocycles. The Morgan fingerprint density at radius 1 is 0.939 bits per heavy atom. The summed E-state index contributed by atoms with van der Waals surface area (Å²) in [5.41, 5.74) is 9.58. The van der Waals surface area contributed by atoms with Crippen LogP contribution in [-0.4, -0.2) is 19.2 Å². The zero-order valence-corrected chi connectivity index (χ0v) is 20.0. The van der Waals surface area contributed by atoms with Crippen molar-refractivity contribution in [3.63, 3.8) is 0 Å². The average molecular weight is 444 g/mol. The van der Waals surface area contributed by atoms with Crippen molar-refractivity contribution in [2.45, 2.75) is 41.0 Å². The topological polar surface area (TPSA) is 73.3 Å². The molecule has 2 aliphatic rings. The normalized spacial score (nSPS) is 11.2. The molecule has 0 saturated heterocycles. The standard InChI is InChI=1S/C27H30N2O.CO2/c1-6-19-11-9-10-12-20(19)27-21-13-17(4)23(28-7-2)15-25(21)30-26-16-24(29-8-3)18(5)14-22(26)27;2-1-3/h9-16,28H,6-8H2,1-5H3;/p+1. The molecule has 0 spiro atoms. The Morgan fingerprint density at radius 2 is 1.67 bits per heavy atom. The quantitative estimate of drug-likeness (QED) is 0.453. The highest BCUT2D eigenvalue weighted by atomic mass is 16.3. The molecule has 5 nitrogen and oxygen atoms in total. The van der Waals surface area contributed by atoms with Crippen LogP contribution in [-0.2, 0) is 16.0 Å². The number of anilines is 1. The molecule has 0 saturated carbocycles. The van der Waals surface area contributed by atoms with E-state index in [0.29, 0.717) is 0 Å². The Balaban J connectivity index is 0.000000968. The van der Waals surface area contributed by atoms with Gasteiger partial charge in [-0.15, -0.1) is 0 Å². The molecule has 0 bridgehead atoms. The Morgan fingerprint density at radius 3 is 2.33 bits per heavy atom. The van der Waals surface area contributed by atoms with Crippen LogP contribution in [0.1, 0.15) is 37.5 Å². The number of hydrogen-bond donors (Lipinski definition) is 2. The summed E-state index contributed by atoms with van der Waals surface area (Å²) < 4.78 is 6.49. The van der Waals surface area contributed by atoms with Gasteiger partial charge in [0.15, 0.2) is 0 Å². The minimum absolute atomic E-state index is 0.250. The number of carbonyl (C=O) groups excluding carboxylic acids is 2. The van der Waals surface area contributed by atoms with Crippen molar-refractivity contribution in [2.24, 2.45) is 0 Å². The van der Waals surface area contributed by atoms with Crippen LogP contribution in [0.2, 0.25) is 0 Å². The van der Waals surface area contributed by atoms with E-state index in [1.54, 1.807) is 0 Å². The van der Waals surface area contributed by atoms with Crippen LogP contribution >= 0.6 is 0 Å². The smallest absolute Gasteiger partial charge is 0.373 e. The van der Waals surface area contributed by atoms with E-state index < -0.39 is 0 Å². The summed E-state index contributed by atoms with van der Waals surface area (Å²) in [6.45, 7) is 12.6. The van der Waals surface area contributed by atoms with Crippen molar-refractivity contribution < 1.29 is 19.0 Å². The van der Waals surface area contributed by atoms with Crippen molar-refractivity contribution >= 4 is 22.8 Å². The van der Waals surface area contributed by atoms with Crippen LogP contribution in [0, 0.1) is 13.8 Å². The predicted molar refractivity (Wildman–Crippen MR) is 131 cm³/mol. The second-order valence-corrected chi connectivity index (χ2v) is 7.96. The highest BCUT2D eigenvalue weighted by Gasteiger charge is 2.21. The van der Waals surface area contributed by atoms with Gasteiger partial charge in [0.25, 0.3) is 0 Å². The molecule has 2 N–H and O–H groups in total. The van der Waals surface area contributed by atoms with Crippen LogP contribution in [0.5, 0.6) is 0 Å². The number of aryl methyl sites for hydroxylation is 3. The van der Waals surface area contributed by atoms with Crippen molar-refractivity contribution in [1.29, 1.82) is 0 Å². The van der Waals surface area contributed by atoms with Crippen LogP contribution in [0.15, 0.2) is 52.9 Å². The summed E-state index contributed by atoms with van der Waals surface area (Å²) in [5.74, 6) is 0.913. The molecule has 0 amide bonds. The number of nitrogens with one attached hydrogen (secondary N) is 2. The fraction of sp³-hybridized carbons (Fsp3) is 0.286. The van der Waals surface area contributed by atoms with Crippen LogP contribution in [0.4, 0.5) is 5.69 Å². The van der Waals surface area contributed by atoms with Gasteiger partial charge < -0.3 is 9.73 Å². The maximum atomic E-state index is 8.12. The first-order valence-electron chi connectivity index (χ1n) is 11.4. The summed E-state index contributed by atoms with van der Waals surface area (Å²) in [6, 6.07) is 17.6. The molecule has 2 aromatic rings. The fourth-order valence-electron chi connectivity index (χ4n) is 4.32. The minimum atomic E-state index is 0.250. The van der Waals surface area contributed by atoms with E-state index in [-0.39, 0.29) is 6.15 Å².